The van der Waals surface area contributed by atoms with Crippen LogP contribution in [0.1, 0.15) is 16.7 Å². The van der Waals surface area contributed by atoms with E-state index in [0.717, 1.165) is 11.1 Å². The normalized spacial score (nSPS) is 16.3. The van der Waals surface area contributed by atoms with E-state index in [1.807, 2.05) is 55.5 Å². The summed E-state index contributed by atoms with van der Waals surface area (Å²) in [5, 5.41) is 0. The van der Waals surface area contributed by atoms with Crippen LogP contribution in [-0.2, 0) is 10.0 Å². The molecule has 0 bridgehead atoms. The van der Waals surface area contributed by atoms with Crippen LogP contribution in [0.5, 0.6) is 5.75 Å². The number of rotatable bonds is 3. The fourth-order valence-electron chi connectivity index (χ4n) is 2.83. The van der Waals surface area contributed by atoms with Crippen LogP contribution in [0.4, 0.5) is 0 Å². The van der Waals surface area contributed by atoms with E-state index < -0.39 is 10.0 Å². The van der Waals surface area contributed by atoms with Crippen molar-refractivity contribution in [2.75, 3.05) is 0 Å². The minimum absolute atomic E-state index is 0.157. The molecule has 0 saturated heterocycles. The van der Waals surface area contributed by atoms with Crippen LogP contribution in [0, 0.1) is 6.92 Å². The largest absolute Gasteiger partial charge is 0.454 e. The summed E-state index contributed by atoms with van der Waals surface area (Å²) in [6, 6.07) is 23.5. The smallest absolute Gasteiger partial charge is 0.282 e. The average molecular weight is 375 g/mol. The number of fused-ring (bicyclic) bond motifs is 1. The molecule has 0 saturated carbocycles. The van der Waals surface area contributed by atoms with Crippen molar-refractivity contribution < 1.29 is 13.2 Å². The Hall–Kier alpha value is -3.18. The lowest BCUT2D eigenvalue weighted by Crippen LogP contribution is -2.07. The van der Waals surface area contributed by atoms with E-state index in [0.29, 0.717) is 22.8 Å². The van der Waals surface area contributed by atoms with E-state index in [-0.39, 0.29) is 4.90 Å². The van der Waals surface area contributed by atoms with Crippen molar-refractivity contribution >= 4 is 21.8 Å². The van der Waals surface area contributed by atoms with Crippen LogP contribution in [0.15, 0.2) is 93.9 Å². The van der Waals surface area contributed by atoms with Gasteiger partial charge in [0.05, 0.1) is 4.90 Å². The average Bonchev–Trinajstić information content (AvgIpc) is 3.00. The van der Waals surface area contributed by atoms with Crippen LogP contribution >= 0.6 is 0 Å². The van der Waals surface area contributed by atoms with Gasteiger partial charge in [0.1, 0.15) is 11.5 Å². The molecule has 0 radical (unpaired) electrons. The molecule has 134 valence electrons. The second-order valence-corrected chi connectivity index (χ2v) is 7.85. The molecule has 0 spiro atoms. The monoisotopic (exact) mass is 375 g/mol. The highest BCUT2D eigenvalue weighted by molar-refractivity contribution is 7.90. The second kappa shape index (κ2) is 6.85. The lowest BCUT2D eigenvalue weighted by molar-refractivity contribution is 0.473. The number of ether oxygens (including phenoxy) is 1. The van der Waals surface area contributed by atoms with Gasteiger partial charge in [0, 0.05) is 5.56 Å². The SMILES string of the molecule is Cc1ccc(S(=O)(=O)/N=C2/C(=C/c3ccccc3)Oc3ccccc32)cc1. The molecule has 0 fully saturated rings. The maximum absolute atomic E-state index is 12.8. The third-order valence-corrected chi connectivity index (χ3v) is 5.51. The van der Waals surface area contributed by atoms with Crippen molar-refractivity contribution in [3.05, 3.63) is 101 Å². The fraction of sp³-hybridized carbons (Fsp3) is 0.0455. The number of aryl methyl sites for hydroxylation is 1. The topological polar surface area (TPSA) is 55.7 Å². The van der Waals surface area contributed by atoms with Gasteiger partial charge in [0.15, 0.2) is 5.76 Å². The van der Waals surface area contributed by atoms with E-state index in [1.165, 1.54) is 0 Å². The van der Waals surface area contributed by atoms with Crippen LogP contribution in [-0.4, -0.2) is 14.1 Å². The van der Waals surface area contributed by atoms with Crippen LogP contribution < -0.4 is 4.74 Å². The molecule has 0 atom stereocenters. The van der Waals surface area contributed by atoms with Crippen LogP contribution in [0.25, 0.3) is 6.08 Å². The number of benzene rings is 3. The summed E-state index contributed by atoms with van der Waals surface area (Å²) in [5.41, 5.74) is 2.87. The maximum Gasteiger partial charge on any atom is 0.282 e. The number of nitrogens with zero attached hydrogens (tertiary/aromatic N) is 1. The summed E-state index contributed by atoms with van der Waals surface area (Å²) in [5.74, 6) is 1.01. The van der Waals surface area contributed by atoms with Gasteiger partial charge >= 0.3 is 0 Å². The number of sulfonamides is 1. The lowest BCUT2D eigenvalue weighted by atomic mass is 10.1. The van der Waals surface area contributed by atoms with E-state index >= 15 is 0 Å². The summed E-state index contributed by atoms with van der Waals surface area (Å²) in [6.45, 7) is 1.91. The molecule has 0 amide bonds. The maximum atomic E-state index is 12.8. The third-order valence-electron chi connectivity index (χ3n) is 4.22. The molecule has 27 heavy (non-hydrogen) atoms. The number of allylic oxidation sites excluding steroid dienone is 1. The highest BCUT2D eigenvalue weighted by Gasteiger charge is 2.27. The Morgan fingerprint density at radius 3 is 2.26 bits per heavy atom. The Morgan fingerprint density at radius 1 is 0.852 bits per heavy atom. The fourth-order valence-corrected chi connectivity index (χ4v) is 3.84. The van der Waals surface area contributed by atoms with E-state index in [4.69, 9.17) is 4.74 Å². The molecule has 4 nitrogen and oxygen atoms in total. The summed E-state index contributed by atoms with van der Waals surface area (Å²) in [4.78, 5) is 0.157. The van der Waals surface area contributed by atoms with E-state index in [9.17, 15) is 8.42 Å². The Labute approximate surface area is 158 Å². The van der Waals surface area contributed by atoms with Gasteiger partial charge in [-0.3, -0.25) is 0 Å². The summed E-state index contributed by atoms with van der Waals surface area (Å²) in [6.07, 6.45) is 1.80. The predicted octanol–water partition coefficient (Wildman–Crippen LogP) is 4.61. The third kappa shape index (κ3) is 3.55. The van der Waals surface area contributed by atoms with Gasteiger partial charge in [-0.05, 0) is 42.8 Å². The van der Waals surface area contributed by atoms with Crippen molar-refractivity contribution in [1.29, 1.82) is 0 Å². The highest BCUT2D eigenvalue weighted by Crippen LogP contribution is 2.33. The zero-order valence-electron chi connectivity index (χ0n) is 14.7. The first-order valence-electron chi connectivity index (χ1n) is 8.49. The van der Waals surface area contributed by atoms with Gasteiger partial charge in [0.2, 0.25) is 0 Å². The molecule has 0 aliphatic carbocycles. The molecule has 0 unspecified atom stereocenters. The molecular weight excluding hydrogens is 358 g/mol. The minimum Gasteiger partial charge on any atom is -0.454 e. The molecule has 0 aromatic heterocycles. The van der Waals surface area contributed by atoms with Crippen LogP contribution in [0.3, 0.4) is 0 Å². The molecule has 3 aromatic carbocycles. The molecule has 1 heterocycles. The Bertz CT molecular complexity index is 1150. The number of hydrogen-bond donors (Lipinski definition) is 0. The molecular formula is C22H17NO3S. The standard InChI is InChI=1S/C22H17NO3S/c1-16-11-13-18(14-12-16)27(24,25)23-22-19-9-5-6-10-20(19)26-21(22)15-17-7-3-2-4-8-17/h2-15H,1H3/b21-15-,23-22+. The minimum atomic E-state index is -3.86. The summed E-state index contributed by atoms with van der Waals surface area (Å²) < 4.78 is 35.7. The first-order valence-corrected chi connectivity index (χ1v) is 9.93. The number of hydrogen-bond acceptors (Lipinski definition) is 3. The zero-order chi connectivity index (χ0) is 18.9. The van der Waals surface area contributed by atoms with Gasteiger partial charge < -0.3 is 4.74 Å². The van der Waals surface area contributed by atoms with Gasteiger partial charge in [-0.1, -0.05) is 60.2 Å². The molecule has 3 aromatic rings. The molecule has 1 aliphatic heterocycles. The van der Waals surface area contributed by atoms with E-state index in [2.05, 4.69) is 4.40 Å². The van der Waals surface area contributed by atoms with Crippen LogP contribution in [0.2, 0.25) is 0 Å². The predicted molar refractivity (Wildman–Crippen MR) is 106 cm³/mol. The van der Waals surface area contributed by atoms with Gasteiger partial charge in [0.25, 0.3) is 10.0 Å². The lowest BCUT2D eigenvalue weighted by Gasteiger charge is -2.03. The molecule has 4 rings (SSSR count). The summed E-state index contributed by atoms with van der Waals surface area (Å²) >= 11 is 0. The summed E-state index contributed by atoms with van der Waals surface area (Å²) in [7, 11) is -3.86. The molecule has 0 N–H and O–H groups in total. The first-order chi connectivity index (χ1) is 13.0. The Balaban J connectivity index is 1.84. The zero-order valence-corrected chi connectivity index (χ0v) is 15.5. The highest BCUT2D eigenvalue weighted by atomic mass is 32.2. The Kier molecular flexibility index (Phi) is 4.38. The van der Waals surface area contributed by atoms with Gasteiger partial charge in [-0.25, -0.2) is 0 Å². The number of para-hydroxylation sites is 1. The van der Waals surface area contributed by atoms with E-state index in [1.54, 1.807) is 36.4 Å². The second-order valence-electron chi connectivity index (χ2n) is 6.25. The van der Waals surface area contributed by atoms with Crippen molar-refractivity contribution in [3.8, 4) is 5.75 Å². The quantitative estimate of drug-likeness (QED) is 0.672. The van der Waals surface area contributed by atoms with Gasteiger partial charge in [-0.15, -0.1) is 0 Å². The molecule has 1 aliphatic rings. The Morgan fingerprint density at radius 2 is 1.52 bits per heavy atom. The molecule has 5 heteroatoms. The van der Waals surface area contributed by atoms with Crippen molar-refractivity contribution in [2.45, 2.75) is 11.8 Å². The first kappa shape index (κ1) is 17.2. The van der Waals surface area contributed by atoms with Crippen molar-refractivity contribution in [1.82, 2.24) is 0 Å². The van der Waals surface area contributed by atoms with Crippen molar-refractivity contribution in [3.63, 3.8) is 0 Å². The van der Waals surface area contributed by atoms with Gasteiger partial charge in [-0.2, -0.15) is 12.8 Å². The van der Waals surface area contributed by atoms with Crippen molar-refractivity contribution in [2.24, 2.45) is 4.40 Å².